The number of hydrogen-bond acceptors (Lipinski definition) is 4. The van der Waals surface area contributed by atoms with Crippen molar-refractivity contribution in [3.05, 3.63) is 0 Å². The highest BCUT2D eigenvalue weighted by Gasteiger charge is 2.26. The fraction of sp³-hybridized carbons (Fsp3) is 1.00. The first kappa shape index (κ1) is 16.9. The molecule has 0 radical (unpaired) electrons. The van der Waals surface area contributed by atoms with E-state index in [9.17, 15) is 5.11 Å². The van der Waals surface area contributed by atoms with Crippen LogP contribution in [0.15, 0.2) is 0 Å². The minimum absolute atomic E-state index is 0.0341. The molecule has 1 unspecified atom stereocenters. The number of hydrogen-bond donors (Lipinski definition) is 2. The van der Waals surface area contributed by atoms with Crippen molar-refractivity contribution < 1.29 is 9.84 Å². The molecule has 1 heterocycles. The summed E-state index contributed by atoms with van der Waals surface area (Å²) in [6.07, 6.45) is 2.30. The minimum atomic E-state index is 0.0341. The maximum Gasteiger partial charge on any atom is 0.0826 e. The van der Waals surface area contributed by atoms with E-state index < -0.39 is 0 Å². The number of aliphatic hydroxyl groups is 1. The summed E-state index contributed by atoms with van der Waals surface area (Å²) in [4.78, 5) is 2.47. The highest BCUT2D eigenvalue weighted by Crippen LogP contribution is 2.24. The van der Waals surface area contributed by atoms with Gasteiger partial charge >= 0.3 is 0 Å². The fourth-order valence-electron chi connectivity index (χ4n) is 2.61. The summed E-state index contributed by atoms with van der Waals surface area (Å²) in [5.41, 5.74) is 0.0341. The molecule has 114 valence electrons. The zero-order chi connectivity index (χ0) is 14.3. The van der Waals surface area contributed by atoms with Gasteiger partial charge in [0.2, 0.25) is 0 Å². The van der Waals surface area contributed by atoms with Crippen LogP contribution in [0.5, 0.6) is 0 Å². The lowest BCUT2D eigenvalue weighted by Crippen LogP contribution is -2.50. The van der Waals surface area contributed by atoms with Crippen LogP contribution in [0.1, 0.15) is 40.5 Å². The molecule has 19 heavy (non-hydrogen) atoms. The van der Waals surface area contributed by atoms with Crippen molar-refractivity contribution in [3.8, 4) is 0 Å². The SMILES string of the molecule is CCC(CC)(CO)CNCC1CN(C(C)C)CCO1. The van der Waals surface area contributed by atoms with Crippen molar-refractivity contribution in [2.24, 2.45) is 5.41 Å². The Bertz CT molecular complexity index is 234. The molecule has 0 bridgehead atoms. The Balaban J connectivity index is 2.32. The molecule has 1 rings (SSSR count). The molecule has 1 aliphatic rings. The van der Waals surface area contributed by atoms with Gasteiger partial charge in [0, 0.05) is 44.2 Å². The molecule has 0 aromatic carbocycles. The van der Waals surface area contributed by atoms with Gasteiger partial charge in [-0.25, -0.2) is 0 Å². The number of nitrogens with one attached hydrogen (secondary N) is 1. The van der Waals surface area contributed by atoms with Crippen molar-refractivity contribution in [1.82, 2.24) is 10.2 Å². The van der Waals surface area contributed by atoms with E-state index >= 15 is 0 Å². The Morgan fingerprint density at radius 3 is 2.58 bits per heavy atom. The molecule has 0 aromatic rings. The van der Waals surface area contributed by atoms with Gasteiger partial charge in [-0.05, 0) is 26.7 Å². The quantitative estimate of drug-likeness (QED) is 0.702. The number of aliphatic hydroxyl groups excluding tert-OH is 1. The summed E-state index contributed by atoms with van der Waals surface area (Å²) in [5, 5.41) is 13.0. The molecule has 0 aromatic heterocycles. The monoisotopic (exact) mass is 272 g/mol. The molecule has 1 aliphatic heterocycles. The van der Waals surface area contributed by atoms with Crippen molar-refractivity contribution >= 4 is 0 Å². The molecule has 4 heteroatoms. The lowest BCUT2D eigenvalue weighted by atomic mass is 9.83. The van der Waals surface area contributed by atoms with Gasteiger partial charge in [0.05, 0.1) is 12.7 Å². The first-order valence-electron chi connectivity index (χ1n) is 7.74. The van der Waals surface area contributed by atoms with E-state index in [1.54, 1.807) is 0 Å². The lowest BCUT2D eigenvalue weighted by Gasteiger charge is -2.36. The van der Waals surface area contributed by atoms with Crippen LogP contribution < -0.4 is 5.32 Å². The average molecular weight is 272 g/mol. The molecule has 2 N–H and O–H groups in total. The Morgan fingerprint density at radius 2 is 2.05 bits per heavy atom. The van der Waals surface area contributed by atoms with Crippen molar-refractivity contribution in [2.75, 3.05) is 39.4 Å². The molecule has 0 spiro atoms. The van der Waals surface area contributed by atoms with Gasteiger partial charge < -0.3 is 15.2 Å². The van der Waals surface area contributed by atoms with Gasteiger partial charge in [-0.2, -0.15) is 0 Å². The third-order valence-electron chi connectivity index (χ3n) is 4.61. The summed E-state index contributed by atoms with van der Waals surface area (Å²) in [6, 6.07) is 0.592. The summed E-state index contributed by atoms with van der Waals surface area (Å²) < 4.78 is 5.81. The second-order valence-corrected chi connectivity index (χ2v) is 6.08. The van der Waals surface area contributed by atoms with Gasteiger partial charge in [0.25, 0.3) is 0 Å². The van der Waals surface area contributed by atoms with Crippen LogP contribution in [0, 0.1) is 5.41 Å². The van der Waals surface area contributed by atoms with Gasteiger partial charge in [-0.15, -0.1) is 0 Å². The second kappa shape index (κ2) is 8.20. The highest BCUT2D eigenvalue weighted by molar-refractivity contribution is 4.81. The molecule has 0 aliphatic carbocycles. The maximum atomic E-state index is 9.55. The number of morpholine rings is 1. The van der Waals surface area contributed by atoms with Crippen LogP contribution in [0.2, 0.25) is 0 Å². The molecular formula is C15H32N2O2. The minimum Gasteiger partial charge on any atom is -0.396 e. The third kappa shape index (κ3) is 5.03. The van der Waals surface area contributed by atoms with E-state index in [1.165, 1.54) is 0 Å². The van der Waals surface area contributed by atoms with E-state index in [0.29, 0.717) is 6.04 Å². The Morgan fingerprint density at radius 1 is 1.37 bits per heavy atom. The van der Waals surface area contributed by atoms with Crippen LogP contribution in [-0.4, -0.2) is 61.5 Å². The average Bonchev–Trinajstić information content (AvgIpc) is 2.44. The molecule has 1 fully saturated rings. The largest absolute Gasteiger partial charge is 0.396 e. The highest BCUT2D eigenvalue weighted by atomic mass is 16.5. The molecule has 0 saturated carbocycles. The van der Waals surface area contributed by atoms with Crippen LogP contribution in [0.25, 0.3) is 0 Å². The van der Waals surface area contributed by atoms with E-state index in [2.05, 4.69) is 37.9 Å². The van der Waals surface area contributed by atoms with E-state index in [0.717, 1.165) is 45.6 Å². The van der Waals surface area contributed by atoms with Crippen molar-refractivity contribution in [3.63, 3.8) is 0 Å². The van der Waals surface area contributed by atoms with Gasteiger partial charge in [0.15, 0.2) is 0 Å². The second-order valence-electron chi connectivity index (χ2n) is 6.08. The summed E-state index contributed by atoms with van der Waals surface area (Å²) in [7, 11) is 0. The Hall–Kier alpha value is -0.160. The topological polar surface area (TPSA) is 44.7 Å². The van der Waals surface area contributed by atoms with Crippen LogP contribution in [-0.2, 0) is 4.74 Å². The van der Waals surface area contributed by atoms with Crippen molar-refractivity contribution in [1.29, 1.82) is 0 Å². The molecular weight excluding hydrogens is 240 g/mol. The smallest absolute Gasteiger partial charge is 0.0826 e. The van der Waals surface area contributed by atoms with Gasteiger partial charge in [-0.1, -0.05) is 13.8 Å². The maximum absolute atomic E-state index is 9.55. The fourth-order valence-corrected chi connectivity index (χ4v) is 2.61. The number of nitrogens with zero attached hydrogens (tertiary/aromatic N) is 1. The molecule has 0 amide bonds. The first-order valence-corrected chi connectivity index (χ1v) is 7.74. The number of ether oxygens (including phenoxy) is 1. The van der Waals surface area contributed by atoms with E-state index in [4.69, 9.17) is 4.74 Å². The molecule has 4 nitrogen and oxygen atoms in total. The predicted octanol–water partition coefficient (Wildman–Crippen LogP) is 1.48. The van der Waals surface area contributed by atoms with E-state index in [1.807, 2.05) is 0 Å². The summed E-state index contributed by atoms with van der Waals surface area (Å²) in [5.74, 6) is 0. The third-order valence-corrected chi connectivity index (χ3v) is 4.61. The Kier molecular flexibility index (Phi) is 7.29. The zero-order valence-corrected chi connectivity index (χ0v) is 13.1. The van der Waals surface area contributed by atoms with Crippen LogP contribution in [0.4, 0.5) is 0 Å². The van der Waals surface area contributed by atoms with Crippen LogP contribution >= 0.6 is 0 Å². The normalized spacial score (nSPS) is 22.1. The van der Waals surface area contributed by atoms with Crippen molar-refractivity contribution in [2.45, 2.75) is 52.7 Å². The Labute approximate surface area is 118 Å². The van der Waals surface area contributed by atoms with Gasteiger partial charge in [0.1, 0.15) is 0 Å². The molecule has 1 atom stereocenters. The van der Waals surface area contributed by atoms with Crippen LogP contribution in [0.3, 0.4) is 0 Å². The first-order chi connectivity index (χ1) is 9.06. The molecule has 1 saturated heterocycles. The van der Waals surface area contributed by atoms with Gasteiger partial charge in [-0.3, -0.25) is 4.90 Å². The lowest BCUT2D eigenvalue weighted by molar-refractivity contribution is -0.0386. The summed E-state index contributed by atoms with van der Waals surface area (Å²) in [6.45, 7) is 13.7. The standard InChI is InChI=1S/C15H32N2O2/c1-5-15(6-2,12-18)11-16-9-14-10-17(13(3)4)7-8-19-14/h13-14,16,18H,5-12H2,1-4H3. The summed E-state index contributed by atoms with van der Waals surface area (Å²) >= 11 is 0. The number of rotatable bonds is 8. The predicted molar refractivity (Wildman–Crippen MR) is 79.4 cm³/mol. The zero-order valence-electron chi connectivity index (χ0n) is 13.1. The van der Waals surface area contributed by atoms with E-state index in [-0.39, 0.29) is 18.1 Å².